The summed E-state index contributed by atoms with van der Waals surface area (Å²) in [6.45, 7) is 5.03. The summed E-state index contributed by atoms with van der Waals surface area (Å²) in [4.78, 5) is 14.2. The lowest BCUT2D eigenvalue weighted by Crippen LogP contribution is -2.49. The number of amides is 2. The molecule has 0 aromatic heterocycles. The molecular weight excluding hydrogens is 236 g/mol. The lowest BCUT2D eigenvalue weighted by atomic mass is 10.0. The number of fused-ring (bicyclic) bond motifs is 1. The highest BCUT2D eigenvalue weighted by Gasteiger charge is 2.28. The molecule has 0 saturated heterocycles. The molecular formula is C16H24N2O. The SMILES string of the molecule is CCCCCC(CC)N1C(=O)NCc2ccccc21. The average molecular weight is 260 g/mol. The Morgan fingerprint density at radius 3 is 2.79 bits per heavy atom. The van der Waals surface area contributed by atoms with Crippen LogP contribution in [0.3, 0.4) is 0 Å². The first-order chi connectivity index (χ1) is 9.27. The number of carbonyl (C=O) groups is 1. The fourth-order valence-corrected chi connectivity index (χ4v) is 2.77. The van der Waals surface area contributed by atoms with E-state index in [1.54, 1.807) is 0 Å². The van der Waals surface area contributed by atoms with Gasteiger partial charge >= 0.3 is 6.03 Å². The molecule has 0 bridgehead atoms. The van der Waals surface area contributed by atoms with Crippen molar-refractivity contribution in [2.45, 2.75) is 58.5 Å². The third kappa shape index (κ3) is 3.09. The van der Waals surface area contributed by atoms with Crippen molar-refractivity contribution in [1.82, 2.24) is 5.32 Å². The quantitative estimate of drug-likeness (QED) is 0.768. The van der Waals surface area contributed by atoms with Gasteiger partial charge in [-0.2, -0.15) is 0 Å². The van der Waals surface area contributed by atoms with Gasteiger partial charge in [-0.15, -0.1) is 0 Å². The van der Waals surface area contributed by atoms with Crippen LogP contribution in [0.1, 0.15) is 51.5 Å². The van der Waals surface area contributed by atoms with Gasteiger partial charge in [0.2, 0.25) is 0 Å². The molecule has 0 radical (unpaired) electrons. The van der Waals surface area contributed by atoms with Crippen LogP contribution in [0.2, 0.25) is 0 Å². The molecule has 3 nitrogen and oxygen atoms in total. The monoisotopic (exact) mass is 260 g/mol. The molecule has 1 aliphatic heterocycles. The fraction of sp³-hybridized carbons (Fsp3) is 0.562. The molecule has 2 amide bonds. The number of benzene rings is 1. The van der Waals surface area contributed by atoms with E-state index in [0.717, 1.165) is 18.5 Å². The van der Waals surface area contributed by atoms with Gasteiger partial charge in [0.1, 0.15) is 0 Å². The molecule has 1 aliphatic rings. The van der Waals surface area contributed by atoms with Crippen LogP contribution in [-0.2, 0) is 6.54 Å². The van der Waals surface area contributed by atoms with E-state index in [1.807, 2.05) is 17.0 Å². The van der Waals surface area contributed by atoms with Gasteiger partial charge in [0, 0.05) is 12.6 Å². The highest BCUT2D eigenvalue weighted by molar-refractivity contribution is 5.95. The van der Waals surface area contributed by atoms with E-state index in [2.05, 4.69) is 31.3 Å². The van der Waals surface area contributed by atoms with E-state index in [-0.39, 0.29) is 6.03 Å². The minimum atomic E-state index is 0.0575. The first-order valence-electron chi connectivity index (χ1n) is 7.42. The zero-order valence-electron chi connectivity index (χ0n) is 12.0. The Kier molecular flexibility index (Phi) is 4.83. The number of nitrogens with zero attached hydrogens (tertiary/aromatic N) is 1. The van der Waals surface area contributed by atoms with Crippen LogP contribution in [0.4, 0.5) is 10.5 Å². The number of rotatable bonds is 6. The number of nitrogens with one attached hydrogen (secondary N) is 1. The number of unbranched alkanes of at least 4 members (excludes halogenated alkanes) is 2. The normalized spacial score (nSPS) is 15.9. The highest BCUT2D eigenvalue weighted by Crippen LogP contribution is 2.28. The molecule has 19 heavy (non-hydrogen) atoms. The lowest BCUT2D eigenvalue weighted by Gasteiger charge is -2.36. The zero-order chi connectivity index (χ0) is 13.7. The van der Waals surface area contributed by atoms with Gasteiger partial charge in [-0.05, 0) is 24.5 Å². The highest BCUT2D eigenvalue weighted by atomic mass is 16.2. The molecule has 2 rings (SSSR count). The second-order valence-corrected chi connectivity index (χ2v) is 5.22. The number of anilines is 1. The lowest BCUT2D eigenvalue weighted by molar-refractivity contribution is 0.241. The van der Waals surface area contributed by atoms with E-state index in [4.69, 9.17) is 0 Å². The minimum Gasteiger partial charge on any atom is -0.334 e. The molecule has 1 heterocycles. The van der Waals surface area contributed by atoms with Crippen LogP contribution in [0.15, 0.2) is 24.3 Å². The van der Waals surface area contributed by atoms with E-state index in [1.165, 1.54) is 24.8 Å². The van der Waals surface area contributed by atoms with E-state index < -0.39 is 0 Å². The maximum atomic E-state index is 12.2. The van der Waals surface area contributed by atoms with Crippen LogP contribution >= 0.6 is 0 Å². The summed E-state index contributed by atoms with van der Waals surface area (Å²) >= 11 is 0. The summed E-state index contributed by atoms with van der Waals surface area (Å²) in [5.74, 6) is 0. The van der Waals surface area contributed by atoms with Crippen molar-refractivity contribution >= 4 is 11.7 Å². The largest absolute Gasteiger partial charge is 0.334 e. The van der Waals surface area contributed by atoms with Crippen molar-refractivity contribution in [2.24, 2.45) is 0 Å². The summed E-state index contributed by atoms with van der Waals surface area (Å²) in [7, 11) is 0. The second kappa shape index (κ2) is 6.60. The Balaban J connectivity index is 2.18. The molecule has 104 valence electrons. The Hall–Kier alpha value is -1.51. The van der Waals surface area contributed by atoms with Crippen LogP contribution in [-0.4, -0.2) is 12.1 Å². The predicted molar refractivity (Wildman–Crippen MR) is 79.4 cm³/mol. The first-order valence-corrected chi connectivity index (χ1v) is 7.42. The van der Waals surface area contributed by atoms with Crippen molar-refractivity contribution in [2.75, 3.05) is 4.90 Å². The van der Waals surface area contributed by atoms with Crippen LogP contribution in [0, 0.1) is 0 Å². The fourth-order valence-electron chi connectivity index (χ4n) is 2.77. The summed E-state index contributed by atoms with van der Waals surface area (Å²) in [6, 6.07) is 8.59. The first kappa shape index (κ1) is 13.9. The number of hydrogen-bond donors (Lipinski definition) is 1. The van der Waals surface area contributed by atoms with Crippen molar-refractivity contribution in [3.8, 4) is 0 Å². The molecule has 0 saturated carbocycles. The van der Waals surface area contributed by atoms with Crippen LogP contribution < -0.4 is 10.2 Å². The Labute approximate surface area is 116 Å². The predicted octanol–water partition coefficient (Wildman–Crippen LogP) is 4.08. The molecule has 1 aromatic rings. The van der Waals surface area contributed by atoms with Gasteiger partial charge in [-0.1, -0.05) is 51.3 Å². The molecule has 1 unspecified atom stereocenters. The Bertz CT molecular complexity index is 431. The average Bonchev–Trinajstić information content (AvgIpc) is 2.45. The smallest absolute Gasteiger partial charge is 0.322 e. The topological polar surface area (TPSA) is 32.3 Å². The summed E-state index contributed by atoms with van der Waals surface area (Å²) in [6.07, 6.45) is 5.76. The maximum absolute atomic E-state index is 12.2. The number of carbonyl (C=O) groups excluding carboxylic acids is 1. The third-order valence-electron chi connectivity index (χ3n) is 3.88. The molecule has 0 spiro atoms. The summed E-state index contributed by atoms with van der Waals surface area (Å²) in [5.41, 5.74) is 2.31. The Morgan fingerprint density at radius 1 is 1.26 bits per heavy atom. The van der Waals surface area contributed by atoms with Gasteiger partial charge in [0.25, 0.3) is 0 Å². The second-order valence-electron chi connectivity index (χ2n) is 5.22. The van der Waals surface area contributed by atoms with Crippen LogP contribution in [0.5, 0.6) is 0 Å². The third-order valence-corrected chi connectivity index (χ3v) is 3.88. The van der Waals surface area contributed by atoms with Crippen LogP contribution in [0.25, 0.3) is 0 Å². The minimum absolute atomic E-state index is 0.0575. The summed E-state index contributed by atoms with van der Waals surface area (Å²) in [5, 5.41) is 2.98. The van der Waals surface area contributed by atoms with Gasteiger partial charge in [-0.25, -0.2) is 4.79 Å². The van der Waals surface area contributed by atoms with Gasteiger partial charge in [-0.3, -0.25) is 4.90 Å². The standard InChI is InChI=1S/C16H24N2O/c1-3-5-6-10-14(4-2)18-15-11-8-7-9-13(15)12-17-16(18)19/h7-9,11,14H,3-6,10,12H2,1-2H3,(H,17,19). The van der Waals surface area contributed by atoms with Gasteiger partial charge in [0.05, 0.1) is 5.69 Å². The molecule has 1 atom stereocenters. The number of para-hydroxylation sites is 1. The maximum Gasteiger partial charge on any atom is 0.322 e. The van der Waals surface area contributed by atoms with Crippen molar-refractivity contribution in [3.63, 3.8) is 0 Å². The van der Waals surface area contributed by atoms with Crippen molar-refractivity contribution in [1.29, 1.82) is 0 Å². The molecule has 1 N–H and O–H groups in total. The zero-order valence-corrected chi connectivity index (χ0v) is 12.0. The van der Waals surface area contributed by atoms with Crippen molar-refractivity contribution in [3.05, 3.63) is 29.8 Å². The molecule has 0 aliphatic carbocycles. The van der Waals surface area contributed by atoms with Crippen molar-refractivity contribution < 1.29 is 4.79 Å². The van der Waals surface area contributed by atoms with Gasteiger partial charge < -0.3 is 5.32 Å². The van der Waals surface area contributed by atoms with Gasteiger partial charge in [0.15, 0.2) is 0 Å². The molecule has 1 aromatic carbocycles. The Morgan fingerprint density at radius 2 is 2.05 bits per heavy atom. The number of hydrogen-bond acceptors (Lipinski definition) is 1. The molecule has 0 fully saturated rings. The number of urea groups is 1. The summed E-state index contributed by atoms with van der Waals surface area (Å²) < 4.78 is 0. The van der Waals surface area contributed by atoms with E-state index in [9.17, 15) is 4.79 Å². The van der Waals surface area contributed by atoms with E-state index in [0.29, 0.717) is 12.6 Å². The molecule has 3 heteroatoms. The van der Waals surface area contributed by atoms with E-state index >= 15 is 0 Å².